The molecule has 2 N–H and O–H groups in total. The van der Waals surface area contributed by atoms with Gasteiger partial charge < -0.3 is 20.3 Å². The van der Waals surface area contributed by atoms with Gasteiger partial charge >= 0.3 is 0 Å². The first kappa shape index (κ1) is 22.5. The fourth-order valence-corrected chi connectivity index (χ4v) is 4.78. The molecular weight excluding hydrogens is 384 g/mol. The van der Waals surface area contributed by atoms with Crippen LogP contribution >= 0.6 is 11.3 Å². The summed E-state index contributed by atoms with van der Waals surface area (Å²) in [5, 5.41) is 9.20. The number of nitrogens with one attached hydrogen (secondary N) is 2. The van der Waals surface area contributed by atoms with E-state index in [1.165, 1.54) is 4.88 Å². The van der Waals surface area contributed by atoms with Crippen LogP contribution < -0.4 is 10.6 Å². The van der Waals surface area contributed by atoms with Crippen LogP contribution in [-0.2, 0) is 4.74 Å². The van der Waals surface area contributed by atoms with Crippen molar-refractivity contribution in [3.05, 3.63) is 22.4 Å². The zero-order chi connectivity index (χ0) is 20.5. The van der Waals surface area contributed by atoms with E-state index in [1.807, 2.05) is 11.3 Å². The lowest BCUT2D eigenvalue weighted by atomic mass is 10.2. The number of morpholine rings is 1. The van der Waals surface area contributed by atoms with E-state index in [9.17, 15) is 0 Å². The number of piperazine rings is 1. The number of thiophene rings is 1. The van der Waals surface area contributed by atoms with Gasteiger partial charge in [-0.05, 0) is 32.3 Å². The molecule has 1 aromatic rings. The van der Waals surface area contributed by atoms with Crippen molar-refractivity contribution in [2.24, 2.45) is 4.99 Å². The van der Waals surface area contributed by atoms with Crippen molar-refractivity contribution in [3.8, 4) is 0 Å². The van der Waals surface area contributed by atoms with Gasteiger partial charge in [-0.3, -0.25) is 14.8 Å². The number of nitrogens with zero attached hydrogens (tertiary/aromatic N) is 4. The van der Waals surface area contributed by atoms with Crippen LogP contribution in [0.2, 0.25) is 0 Å². The molecule has 0 bridgehead atoms. The summed E-state index contributed by atoms with van der Waals surface area (Å²) in [6.45, 7) is 15.1. The number of ether oxygens (including phenoxy) is 1. The molecule has 2 fully saturated rings. The topological polar surface area (TPSA) is 55.4 Å². The zero-order valence-electron chi connectivity index (χ0n) is 18.3. The summed E-state index contributed by atoms with van der Waals surface area (Å²) in [4.78, 5) is 13.8. The third-order valence-corrected chi connectivity index (χ3v) is 6.81. The molecule has 7 nitrogen and oxygen atoms in total. The number of aliphatic imine (C=N–C) groups is 1. The van der Waals surface area contributed by atoms with Crippen LogP contribution in [0.25, 0.3) is 0 Å². The maximum absolute atomic E-state index is 5.56. The van der Waals surface area contributed by atoms with Crippen molar-refractivity contribution in [2.75, 3.05) is 79.2 Å². The van der Waals surface area contributed by atoms with Crippen LogP contribution in [0.4, 0.5) is 0 Å². The largest absolute Gasteiger partial charge is 0.379 e. The number of likely N-dealkylation sites (N-methyl/N-ethyl adjacent to an activating group) is 1. The predicted molar refractivity (Wildman–Crippen MR) is 122 cm³/mol. The van der Waals surface area contributed by atoms with Gasteiger partial charge in [-0.15, -0.1) is 11.3 Å². The molecule has 0 amide bonds. The molecule has 0 spiro atoms. The van der Waals surface area contributed by atoms with Crippen molar-refractivity contribution in [2.45, 2.75) is 25.9 Å². The monoisotopic (exact) mass is 422 g/mol. The van der Waals surface area contributed by atoms with Crippen LogP contribution in [0, 0.1) is 0 Å². The molecule has 1 aromatic heterocycles. The molecule has 2 atom stereocenters. The van der Waals surface area contributed by atoms with Crippen molar-refractivity contribution >= 4 is 17.3 Å². The van der Waals surface area contributed by atoms with Crippen LogP contribution in [-0.4, -0.2) is 106 Å². The summed E-state index contributed by atoms with van der Waals surface area (Å²) in [6, 6.07) is 5.21. The van der Waals surface area contributed by atoms with E-state index in [4.69, 9.17) is 9.73 Å². The van der Waals surface area contributed by atoms with E-state index < -0.39 is 0 Å². The molecule has 29 heavy (non-hydrogen) atoms. The van der Waals surface area contributed by atoms with Gasteiger partial charge in [0, 0.05) is 63.3 Å². The molecule has 3 rings (SSSR count). The first-order valence-electron chi connectivity index (χ1n) is 11.0. The standard InChI is InChI=1S/C21H38N6OS/c1-4-22-21(23-16-18(2)26-9-7-25(3)8-10-26)24-17-19(20-6-5-15-29-20)27-11-13-28-14-12-27/h5-6,15,18-19H,4,7-14,16-17H2,1-3H3,(H2,22,23,24). The van der Waals surface area contributed by atoms with Gasteiger partial charge in [0.2, 0.25) is 0 Å². The van der Waals surface area contributed by atoms with E-state index in [-0.39, 0.29) is 0 Å². The molecule has 2 aliphatic heterocycles. The quantitative estimate of drug-likeness (QED) is 0.487. The van der Waals surface area contributed by atoms with Crippen LogP contribution in [0.3, 0.4) is 0 Å². The van der Waals surface area contributed by atoms with Gasteiger partial charge in [-0.1, -0.05) is 6.07 Å². The summed E-state index contributed by atoms with van der Waals surface area (Å²) in [5.74, 6) is 0.920. The Balaban J connectivity index is 1.56. The van der Waals surface area contributed by atoms with Gasteiger partial charge in [-0.2, -0.15) is 0 Å². The molecule has 2 aliphatic rings. The number of hydrogen-bond acceptors (Lipinski definition) is 6. The fraction of sp³-hybridized carbons (Fsp3) is 0.762. The molecule has 2 saturated heterocycles. The Hall–Kier alpha value is -1.19. The van der Waals surface area contributed by atoms with Gasteiger partial charge in [0.05, 0.1) is 25.8 Å². The Morgan fingerprint density at radius 1 is 1.14 bits per heavy atom. The SMILES string of the molecule is CCNC(=NCC(C)N1CCN(C)CC1)NCC(c1cccs1)N1CCOCC1. The minimum absolute atomic E-state index is 0.359. The van der Waals surface area contributed by atoms with Gasteiger partial charge in [0.1, 0.15) is 0 Å². The highest BCUT2D eigenvalue weighted by atomic mass is 32.1. The van der Waals surface area contributed by atoms with Crippen LogP contribution in [0.5, 0.6) is 0 Å². The Labute approximate surface area is 180 Å². The Morgan fingerprint density at radius 3 is 2.55 bits per heavy atom. The lowest BCUT2D eigenvalue weighted by Crippen LogP contribution is -2.49. The Bertz CT molecular complexity index is 596. The molecule has 0 aromatic carbocycles. The van der Waals surface area contributed by atoms with E-state index in [0.717, 1.165) is 78.1 Å². The number of guanidine groups is 1. The summed E-state index contributed by atoms with van der Waals surface area (Å²) >= 11 is 1.83. The van der Waals surface area contributed by atoms with Gasteiger partial charge in [0.25, 0.3) is 0 Å². The lowest BCUT2D eigenvalue weighted by Gasteiger charge is -2.36. The molecule has 0 radical (unpaired) electrons. The molecular formula is C21H38N6OS. The first-order chi connectivity index (χ1) is 14.2. The summed E-state index contributed by atoms with van der Waals surface area (Å²) in [7, 11) is 2.20. The predicted octanol–water partition coefficient (Wildman–Crippen LogP) is 1.31. The second-order valence-electron chi connectivity index (χ2n) is 7.97. The first-order valence-corrected chi connectivity index (χ1v) is 11.8. The van der Waals surface area contributed by atoms with E-state index in [2.05, 4.69) is 63.7 Å². The lowest BCUT2D eigenvalue weighted by molar-refractivity contribution is 0.0177. The Kier molecular flexibility index (Phi) is 9.20. The average molecular weight is 423 g/mol. The summed E-state index contributed by atoms with van der Waals surface area (Å²) in [6.07, 6.45) is 0. The highest BCUT2D eigenvalue weighted by Crippen LogP contribution is 2.25. The van der Waals surface area contributed by atoms with E-state index in [1.54, 1.807) is 0 Å². The fourth-order valence-electron chi connectivity index (χ4n) is 3.92. The molecule has 0 aliphatic carbocycles. The number of hydrogen-bond donors (Lipinski definition) is 2. The smallest absolute Gasteiger partial charge is 0.191 e. The molecule has 3 heterocycles. The maximum atomic E-state index is 5.56. The van der Waals surface area contributed by atoms with Crippen molar-refractivity contribution in [1.29, 1.82) is 0 Å². The second-order valence-corrected chi connectivity index (χ2v) is 8.95. The molecule has 2 unspecified atom stereocenters. The van der Waals surface area contributed by atoms with Gasteiger partial charge in [0.15, 0.2) is 5.96 Å². The summed E-state index contributed by atoms with van der Waals surface area (Å²) < 4.78 is 5.56. The van der Waals surface area contributed by atoms with E-state index >= 15 is 0 Å². The molecule has 8 heteroatoms. The van der Waals surface area contributed by atoms with E-state index in [0.29, 0.717) is 12.1 Å². The highest BCUT2D eigenvalue weighted by Gasteiger charge is 2.24. The maximum Gasteiger partial charge on any atom is 0.191 e. The minimum atomic E-state index is 0.359. The average Bonchev–Trinajstić information content (AvgIpc) is 3.27. The molecule has 164 valence electrons. The van der Waals surface area contributed by atoms with Crippen molar-refractivity contribution in [3.63, 3.8) is 0 Å². The highest BCUT2D eigenvalue weighted by molar-refractivity contribution is 7.10. The number of rotatable bonds is 8. The normalized spacial score (nSPS) is 22.4. The van der Waals surface area contributed by atoms with Crippen LogP contribution in [0.1, 0.15) is 24.8 Å². The third kappa shape index (κ3) is 6.93. The third-order valence-electron chi connectivity index (χ3n) is 5.84. The van der Waals surface area contributed by atoms with Crippen molar-refractivity contribution in [1.82, 2.24) is 25.3 Å². The second kappa shape index (κ2) is 11.9. The Morgan fingerprint density at radius 2 is 1.90 bits per heavy atom. The zero-order valence-corrected chi connectivity index (χ0v) is 19.1. The van der Waals surface area contributed by atoms with Gasteiger partial charge in [-0.25, -0.2) is 0 Å². The van der Waals surface area contributed by atoms with Crippen LogP contribution in [0.15, 0.2) is 22.5 Å². The van der Waals surface area contributed by atoms with Crippen molar-refractivity contribution < 1.29 is 4.74 Å². The summed E-state index contributed by atoms with van der Waals surface area (Å²) in [5.41, 5.74) is 0. The molecule has 0 saturated carbocycles. The minimum Gasteiger partial charge on any atom is -0.379 e.